The van der Waals surface area contributed by atoms with Crippen LogP contribution in [0.1, 0.15) is 5.56 Å². The van der Waals surface area contributed by atoms with Gasteiger partial charge in [-0.05, 0) is 36.8 Å². The molecule has 0 saturated heterocycles. The zero-order chi connectivity index (χ0) is 24.2. The van der Waals surface area contributed by atoms with Gasteiger partial charge in [0, 0.05) is 21.5 Å². The zero-order valence-corrected chi connectivity index (χ0v) is 18.8. The number of hydrogen-bond donors (Lipinski definition) is 0. The molecule has 0 unspecified atom stereocenters. The molecule has 6 heteroatoms. The highest BCUT2D eigenvalue weighted by Crippen LogP contribution is 2.44. The molecule has 5 rings (SSSR count). The molecule has 5 aromatic carbocycles. The second-order valence-electron chi connectivity index (χ2n) is 7.74. The van der Waals surface area contributed by atoms with Crippen molar-refractivity contribution in [3.05, 3.63) is 109 Å². The Morgan fingerprint density at radius 2 is 0.943 bits per heavy atom. The SMILES string of the molecule is Cc1cccc2c(OC(=O)Oc3ccccc3)c3ccccc3c(OC(=O)Oc3ccccc3)c12. The third-order valence-electron chi connectivity index (χ3n) is 5.42. The molecule has 0 N–H and O–H groups in total. The Kier molecular flexibility index (Phi) is 6.01. The minimum atomic E-state index is -0.874. The van der Waals surface area contributed by atoms with Gasteiger partial charge >= 0.3 is 12.3 Å². The number of para-hydroxylation sites is 2. The molecular weight excluding hydrogens is 444 g/mol. The highest BCUT2D eigenvalue weighted by atomic mass is 16.7. The monoisotopic (exact) mass is 464 g/mol. The smallest absolute Gasteiger partial charge is 0.395 e. The van der Waals surface area contributed by atoms with Crippen LogP contribution in [0, 0.1) is 6.92 Å². The molecule has 0 aromatic heterocycles. The van der Waals surface area contributed by atoms with E-state index in [4.69, 9.17) is 18.9 Å². The second-order valence-corrected chi connectivity index (χ2v) is 7.74. The topological polar surface area (TPSA) is 71.1 Å². The number of hydrogen-bond acceptors (Lipinski definition) is 6. The quantitative estimate of drug-likeness (QED) is 0.156. The van der Waals surface area contributed by atoms with Crippen LogP contribution in [0.25, 0.3) is 21.5 Å². The first kappa shape index (κ1) is 22.0. The van der Waals surface area contributed by atoms with Gasteiger partial charge in [0.05, 0.1) is 0 Å². The van der Waals surface area contributed by atoms with Crippen molar-refractivity contribution in [1.29, 1.82) is 0 Å². The van der Waals surface area contributed by atoms with Crippen LogP contribution in [0.5, 0.6) is 23.0 Å². The zero-order valence-electron chi connectivity index (χ0n) is 18.8. The van der Waals surface area contributed by atoms with E-state index in [-0.39, 0.29) is 0 Å². The lowest BCUT2D eigenvalue weighted by molar-refractivity contribution is 0.151. The fourth-order valence-electron chi connectivity index (χ4n) is 3.91. The molecule has 0 radical (unpaired) electrons. The van der Waals surface area contributed by atoms with Crippen LogP contribution in [0.4, 0.5) is 9.59 Å². The predicted octanol–water partition coefficient (Wildman–Crippen LogP) is 7.46. The van der Waals surface area contributed by atoms with Gasteiger partial charge in [0.2, 0.25) is 0 Å². The number of benzene rings is 5. The van der Waals surface area contributed by atoms with Crippen molar-refractivity contribution in [1.82, 2.24) is 0 Å². The highest BCUT2D eigenvalue weighted by Gasteiger charge is 2.22. The number of carbonyl (C=O) groups excluding carboxylic acids is 2. The molecule has 0 fully saturated rings. The van der Waals surface area contributed by atoms with Gasteiger partial charge < -0.3 is 18.9 Å². The molecule has 0 saturated carbocycles. The normalized spacial score (nSPS) is 10.7. The molecule has 5 aromatic rings. The third-order valence-corrected chi connectivity index (χ3v) is 5.42. The summed E-state index contributed by atoms with van der Waals surface area (Å²) in [5.41, 5.74) is 0.831. The number of aryl methyl sites for hydroxylation is 1. The van der Waals surface area contributed by atoms with E-state index in [0.717, 1.165) is 5.56 Å². The van der Waals surface area contributed by atoms with Crippen molar-refractivity contribution in [3.8, 4) is 23.0 Å². The van der Waals surface area contributed by atoms with Gasteiger partial charge in [0.1, 0.15) is 17.2 Å². The lowest BCUT2D eigenvalue weighted by Gasteiger charge is -2.17. The molecule has 0 heterocycles. The molecule has 0 bridgehead atoms. The van der Waals surface area contributed by atoms with E-state index in [1.54, 1.807) is 66.7 Å². The van der Waals surface area contributed by atoms with Crippen LogP contribution in [0.2, 0.25) is 0 Å². The Balaban J connectivity index is 1.58. The lowest BCUT2D eigenvalue weighted by atomic mass is 9.97. The van der Waals surface area contributed by atoms with Gasteiger partial charge in [-0.15, -0.1) is 0 Å². The Hall–Kier alpha value is -4.84. The Morgan fingerprint density at radius 3 is 1.51 bits per heavy atom. The van der Waals surface area contributed by atoms with E-state index in [9.17, 15) is 9.59 Å². The largest absolute Gasteiger partial charge is 0.519 e. The minimum absolute atomic E-state index is 0.309. The van der Waals surface area contributed by atoms with Gasteiger partial charge in [-0.2, -0.15) is 0 Å². The maximum atomic E-state index is 12.7. The average molecular weight is 464 g/mol. The van der Waals surface area contributed by atoms with Crippen LogP contribution >= 0.6 is 0 Å². The molecule has 0 aliphatic rings. The summed E-state index contributed by atoms with van der Waals surface area (Å²) in [6.07, 6.45) is -1.75. The van der Waals surface area contributed by atoms with E-state index in [1.165, 1.54) is 0 Å². The van der Waals surface area contributed by atoms with E-state index in [0.29, 0.717) is 44.5 Å². The van der Waals surface area contributed by atoms with E-state index in [2.05, 4.69) is 0 Å². The van der Waals surface area contributed by atoms with Gasteiger partial charge in [0.25, 0.3) is 0 Å². The van der Waals surface area contributed by atoms with Gasteiger partial charge in [-0.3, -0.25) is 0 Å². The number of fused-ring (bicyclic) bond motifs is 2. The number of rotatable bonds is 4. The van der Waals surface area contributed by atoms with Crippen molar-refractivity contribution in [2.75, 3.05) is 0 Å². The summed E-state index contributed by atoms with van der Waals surface area (Å²) in [6.45, 7) is 1.89. The summed E-state index contributed by atoms with van der Waals surface area (Å²) in [4.78, 5) is 25.4. The fraction of sp³-hybridized carbons (Fsp3) is 0.0345. The standard InChI is InChI=1S/C29H20O6/c1-19-11-10-18-24-25(19)27(35-29(31)33-21-14-6-3-7-15-21)23-17-9-8-16-22(23)26(24)34-28(30)32-20-12-4-2-5-13-20/h2-18H,1H3. The van der Waals surface area contributed by atoms with Crippen molar-refractivity contribution in [3.63, 3.8) is 0 Å². The molecule has 172 valence electrons. The molecule has 0 spiro atoms. The van der Waals surface area contributed by atoms with Crippen molar-refractivity contribution >= 4 is 33.9 Å². The highest BCUT2D eigenvalue weighted by molar-refractivity contribution is 6.13. The molecule has 0 atom stereocenters. The number of carbonyl (C=O) groups is 2. The molecule has 0 aliphatic carbocycles. The first-order valence-electron chi connectivity index (χ1n) is 10.9. The van der Waals surface area contributed by atoms with Gasteiger partial charge in [-0.1, -0.05) is 78.9 Å². The molecule has 6 nitrogen and oxygen atoms in total. The maximum absolute atomic E-state index is 12.7. The van der Waals surface area contributed by atoms with Crippen LogP contribution in [-0.2, 0) is 0 Å². The summed E-state index contributed by atoms with van der Waals surface area (Å²) in [5.74, 6) is 1.36. The van der Waals surface area contributed by atoms with Crippen LogP contribution in [0.3, 0.4) is 0 Å². The van der Waals surface area contributed by atoms with E-state index < -0.39 is 12.3 Å². The van der Waals surface area contributed by atoms with Crippen molar-refractivity contribution in [2.45, 2.75) is 6.92 Å². The molecular formula is C29H20O6. The Labute approximate surface area is 201 Å². The molecule has 35 heavy (non-hydrogen) atoms. The summed E-state index contributed by atoms with van der Waals surface area (Å²) in [7, 11) is 0. The van der Waals surface area contributed by atoms with Gasteiger partial charge in [-0.25, -0.2) is 9.59 Å². The van der Waals surface area contributed by atoms with Crippen LogP contribution in [0.15, 0.2) is 103 Å². The summed E-state index contributed by atoms with van der Waals surface area (Å²) < 4.78 is 22.2. The second kappa shape index (κ2) is 9.57. The first-order valence-corrected chi connectivity index (χ1v) is 10.9. The minimum Gasteiger partial charge on any atom is -0.395 e. The summed E-state index contributed by atoms with van der Waals surface area (Å²) in [6, 6.07) is 30.1. The van der Waals surface area contributed by atoms with E-state index in [1.807, 2.05) is 43.3 Å². The average Bonchev–Trinajstić information content (AvgIpc) is 2.87. The number of ether oxygens (including phenoxy) is 4. The van der Waals surface area contributed by atoms with Gasteiger partial charge in [0.15, 0.2) is 5.75 Å². The summed E-state index contributed by atoms with van der Waals surface area (Å²) in [5, 5.41) is 2.38. The lowest BCUT2D eigenvalue weighted by Crippen LogP contribution is -2.16. The third kappa shape index (κ3) is 4.63. The first-order chi connectivity index (χ1) is 17.1. The maximum Gasteiger partial charge on any atom is 0.519 e. The summed E-state index contributed by atoms with van der Waals surface area (Å²) >= 11 is 0. The molecule has 0 aliphatic heterocycles. The Morgan fingerprint density at radius 1 is 0.486 bits per heavy atom. The van der Waals surface area contributed by atoms with Crippen LogP contribution in [-0.4, -0.2) is 12.3 Å². The van der Waals surface area contributed by atoms with Crippen molar-refractivity contribution in [2.24, 2.45) is 0 Å². The molecule has 0 amide bonds. The van der Waals surface area contributed by atoms with Crippen molar-refractivity contribution < 1.29 is 28.5 Å². The predicted molar refractivity (Wildman–Crippen MR) is 132 cm³/mol. The van der Waals surface area contributed by atoms with Crippen LogP contribution < -0.4 is 18.9 Å². The fourth-order valence-corrected chi connectivity index (χ4v) is 3.91. The Bertz CT molecular complexity index is 1530. The van der Waals surface area contributed by atoms with E-state index >= 15 is 0 Å².